The van der Waals surface area contributed by atoms with Gasteiger partial charge < -0.3 is 4.52 Å². The quantitative estimate of drug-likeness (QED) is 0.488. The fraction of sp³-hybridized carbons (Fsp3) is 0.125. The summed E-state index contributed by atoms with van der Waals surface area (Å²) in [5.41, 5.74) is -1.29. The predicted molar refractivity (Wildman–Crippen MR) is 81.6 cm³/mol. The lowest BCUT2D eigenvalue weighted by molar-refractivity contribution is 0.135. The average molecular weight is 381 g/mol. The van der Waals surface area contributed by atoms with E-state index in [2.05, 4.69) is 20.2 Å². The van der Waals surface area contributed by atoms with Crippen molar-refractivity contribution in [2.45, 2.75) is 12.9 Å². The van der Waals surface area contributed by atoms with Gasteiger partial charge in [-0.1, -0.05) is 5.16 Å². The van der Waals surface area contributed by atoms with Crippen LogP contribution in [0.2, 0.25) is 0 Å². The first kappa shape index (κ1) is 17.1. The number of hydrogen-bond donors (Lipinski definition) is 0. The van der Waals surface area contributed by atoms with Crippen LogP contribution < -0.4 is 0 Å². The second kappa shape index (κ2) is 6.41. The summed E-state index contributed by atoms with van der Waals surface area (Å²) in [6, 6.07) is 7.05. The molecule has 0 saturated heterocycles. The topological polar surface area (TPSA) is 69.1 Å². The highest BCUT2D eigenvalue weighted by Crippen LogP contribution is 2.28. The summed E-state index contributed by atoms with van der Waals surface area (Å²) in [6.07, 6.45) is -6.06. The summed E-state index contributed by atoms with van der Waals surface area (Å²) in [5, 5.41) is 7.62. The van der Waals surface area contributed by atoms with Gasteiger partial charge in [-0.3, -0.25) is 0 Å². The van der Waals surface area contributed by atoms with Crippen molar-refractivity contribution in [2.24, 2.45) is 0 Å². The van der Waals surface area contributed by atoms with Crippen LogP contribution in [-0.4, -0.2) is 24.7 Å². The van der Waals surface area contributed by atoms with E-state index in [-0.39, 0.29) is 23.1 Å². The summed E-state index contributed by atoms with van der Waals surface area (Å²) in [7, 11) is 0. The van der Waals surface area contributed by atoms with Gasteiger partial charge in [0.15, 0.2) is 11.3 Å². The van der Waals surface area contributed by atoms with Crippen LogP contribution in [0.25, 0.3) is 28.6 Å². The molecule has 0 radical (unpaired) electrons. The van der Waals surface area contributed by atoms with E-state index in [1.807, 2.05) is 0 Å². The molecule has 0 fully saturated rings. The van der Waals surface area contributed by atoms with Crippen molar-refractivity contribution < 1.29 is 26.5 Å². The maximum Gasteiger partial charge on any atom is 0.280 e. The van der Waals surface area contributed by atoms with Crippen LogP contribution in [0.4, 0.5) is 22.0 Å². The first-order valence-corrected chi connectivity index (χ1v) is 7.49. The molecule has 3 aromatic heterocycles. The number of nitrogens with zero attached hydrogens (tertiary/aromatic N) is 5. The zero-order valence-corrected chi connectivity index (χ0v) is 13.2. The van der Waals surface area contributed by atoms with Crippen molar-refractivity contribution in [1.29, 1.82) is 0 Å². The minimum Gasteiger partial charge on any atom is -0.332 e. The van der Waals surface area contributed by atoms with Crippen molar-refractivity contribution in [1.82, 2.24) is 24.7 Å². The number of benzene rings is 1. The Balaban J connectivity index is 1.78. The molecule has 0 amide bonds. The molecule has 0 aliphatic carbocycles. The highest BCUT2D eigenvalue weighted by molar-refractivity contribution is 5.60. The SMILES string of the molecule is Fc1ccc(-c2noc(-c3cc4nc(C(F)F)cc(C(F)F)n4n3)n2)cc1. The van der Waals surface area contributed by atoms with Crippen LogP contribution in [0.3, 0.4) is 0 Å². The number of hydrogen-bond acceptors (Lipinski definition) is 5. The lowest BCUT2D eigenvalue weighted by Crippen LogP contribution is -2.04. The Labute approximate surface area is 147 Å². The van der Waals surface area contributed by atoms with Crippen LogP contribution in [-0.2, 0) is 0 Å². The molecule has 0 aliphatic rings. The lowest BCUT2D eigenvalue weighted by atomic mass is 10.2. The molecule has 1 aromatic carbocycles. The standard InChI is InChI=1S/C16H8F5N5O/c17-8-3-1-7(2-4-8)15-23-16(27-25-15)10-6-12-22-9(13(18)19)5-11(14(20)21)26(12)24-10/h1-6,13-14H. The highest BCUT2D eigenvalue weighted by Gasteiger charge is 2.22. The molecule has 27 heavy (non-hydrogen) atoms. The maximum atomic E-state index is 13.2. The Morgan fingerprint density at radius 2 is 1.67 bits per heavy atom. The van der Waals surface area contributed by atoms with Gasteiger partial charge in [0.05, 0.1) is 0 Å². The van der Waals surface area contributed by atoms with Crippen LogP contribution in [0.5, 0.6) is 0 Å². The number of halogens is 5. The molecule has 4 rings (SSSR count). The second-order valence-electron chi connectivity index (χ2n) is 5.44. The van der Waals surface area contributed by atoms with E-state index < -0.39 is 30.1 Å². The Hall–Kier alpha value is -3.37. The van der Waals surface area contributed by atoms with Gasteiger partial charge in [0.25, 0.3) is 18.7 Å². The fourth-order valence-corrected chi connectivity index (χ4v) is 2.43. The molecular weight excluding hydrogens is 373 g/mol. The maximum absolute atomic E-state index is 13.2. The van der Waals surface area contributed by atoms with E-state index in [1.165, 1.54) is 30.3 Å². The molecule has 6 nitrogen and oxygen atoms in total. The van der Waals surface area contributed by atoms with Gasteiger partial charge in [-0.15, -0.1) is 0 Å². The third kappa shape index (κ3) is 3.11. The van der Waals surface area contributed by atoms with Gasteiger partial charge >= 0.3 is 0 Å². The first-order valence-electron chi connectivity index (χ1n) is 7.49. The minimum absolute atomic E-state index is 0.0170. The number of aromatic nitrogens is 5. The van der Waals surface area contributed by atoms with Gasteiger partial charge in [-0.25, -0.2) is 31.5 Å². The van der Waals surface area contributed by atoms with Gasteiger partial charge in [0.2, 0.25) is 5.82 Å². The van der Waals surface area contributed by atoms with E-state index in [0.717, 1.165) is 4.52 Å². The zero-order chi connectivity index (χ0) is 19.1. The molecule has 0 saturated carbocycles. The predicted octanol–water partition coefficient (Wildman–Crippen LogP) is 4.46. The van der Waals surface area contributed by atoms with Gasteiger partial charge in [-0.05, 0) is 30.3 Å². The van der Waals surface area contributed by atoms with Crippen LogP contribution in [0, 0.1) is 5.82 Å². The Kier molecular flexibility index (Phi) is 4.05. The molecule has 0 N–H and O–H groups in total. The number of alkyl halides is 4. The van der Waals surface area contributed by atoms with Gasteiger partial charge in [-0.2, -0.15) is 10.1 Å². The number of fused-ring (bicyclic) bond motifs is 1. The molecule has 138 valence electrons. The minimum atomic E-state index is -3.04. The van der Waals surface area contributed by atoms with Crippen molar-refractivity contribution in [3.8, 4) is 23.0 Å². The summed E-state index contributed by atoms with van der Waals surface area (Å²) in [6.45, 7) is 0. The van der Waals surface area contributed by atoms with Crippen LogP contribution in [0.15, 0.2) is 40.9 Å². The molecule has 0 aliphatic heterocycles. The molecule has 0 atom stereocenters. The van der Waals surface area contributed by atoms with E-state index in [9.17, 15) is 22.0 Å². The van der Waals surface area contributed by atoms with E-state index >= 15 is 0 Å². The average Bonchev–Trinajstić information content (AvgIpc) is 3.28. The summed E-state index contributed by atoms with van der Waals surface area (Å²) in [4.78, 5) is 7.69. The first-order chi connectivity index (χ1) is 12.9. The summed E-state index contributed by atoms with van der Waals surface area (Å²) in [5.74, 6) is -0.445. The van der Waals surface area contributed by atoms with Crippen molar-refractivity contribution in [2.75, 3.05) is 0 Å². The fourth-order valence-electron chi connectivity index (χ4n) is 2.43. The normalized spacial score (nSPS) is 11.8. The molecule has 0 spiro atoms. The third-order valence-corrected chi connectivity index (χ3v) is 3.67. The van der Waals surface area contributed by atoms with Crippen molar-refractivity contribution in [3.63, 3.8) is 0 Å². The smallest absolute Gasteiger partial charge is 0.280 e. The molecule has 3 heterocycles. The largest absolute Gasteiger partial charge is 0.332 e. The molecule has 11 heteroatoms. The number of rotatable bonds is 4. The van der Waals surface area contributed by atoms with E-state index in [4.69, 9.17) is 4.52 Å². The molecule has 0 bridgehead atoms. The molecule has 4 aromatic rings. The Morgan fingerprint density at radius 3 is 2.33 bits per heavy atom. The van der Waals surface area contributed by atoms with E-state index in [1.54, 1.807) is 0 Å². The zero-order valence-electron chi connectivity index (χ0n) is 13.2. The summed E-state index contributed by atoms with van der Waals surface area (Å²) < 4.78 is 70.9. The lowest BCUT2D eigenvalue weighted by Gasteiger charge is -2.06. The second-order valence-corrected chi connectivity index (χ2v) is 5.44. The van der Waals surface area contributed by atoms with E-state index in [0.29, 0.717) is 11.6 Å². The van der Waals surface area contributed by atoms with Gasteiger partial charge in [0.1, 0.15) is 17.2 Å². The van der Waals surface area contributed by atoms with Crippen molar-refractivity contribution >= 4 is 5.65 Å². The molecule has 0 unspecified atom stereocenters. The highest BCUT2D eigenvalue weighted by atomic mass is 19.3. The van der Waals surface area contributed by atoms with Crippen LogP contribution in [0.1, 0.15) is 24.2 Å². The summed E-state index contributed by atoms with van der Waals surface area (Å²) >= 11 is 0. The van der Waals surface area contributed by atoms with Crippen LogP contribution >= 0.6 is 0 Å². The monoisotopic (exact) mass is 381 g/mol. The Morgan fingerprint density at radius 1 is 0.926 bits per heavy atom. The third-order valence-electron chi connectivity index (χ3n) is 3.67. The molecular formula is C16H8F5N5O. The van der Waals surface area contributed by atoms with Crippen molar-refractivity contribution in [3.05, 3.63) is 53.6 Å². The van der Waals surface area contributed by atoms with Gasteiger partial charge in [0, 0.05) is 11.6 Å². The Bertz CT molecular complexity index is 1110.